The van der Waals surface area contributed by atoms with Gasteiger partial charge in [0.25, 0.3) is 0 Å². The van der Waals surface area contributed by atoms with E-state index in [2.05, 4.69) is 4.98 Å². The number of nitrogens with zero attached hydrogens (tertiary/aromatic N) is 2. The first-order valence-corrected chi connectivity index (χ1v) is 5.58. The fourth-order valence-corrected chi connectivity index (χ4v) is 1.70. The number of hydrogen-bond acceptors (Lipinski definition) is 4. The standard InChI is InChI=1S/C14H7BN2O2/c15-14-6-5-13(19-14)12-4-3-11(18-12)10-2-1-9(7-16)8-17-10/h1-6,8H. The van der Waals surface area contributed by atoms with Crippen molar-refractivity contribution in [3.8, 4) is 29.0 Å². The van der Waals surface area contributed by atoms with Crippen LogP contribution in [0, 0.1) is 11.3 Å². The van der Waals surface area contributed by atoms with Gasteiger partial charge in [0.2, 0.25) is 0 Å². The minimum Gasteiger partial charge on any atom is -0.470 e. The van der Waals surface area contributed by atoms with E-state index in [4.69, 9.17) is 21.9 Å². The maximum Gasteiger partial charge on any atom is 0.170 e. The minimum atomic E-state index is 0.337. The summed E-state index contributed by atoms with van der Waals surface area (Å²) in [4.78, 5) is 4.16. The molecule has 3 heterocycles. The molecule has 0 aromatic carbocycles. The number of hydrogen-bond donors (Lipinski definition) is 0. The third-order valence-electron chi connectivity index (χ3n) is 2.62. The van der Waals surface area contributed by atoms with Crippen molar-refractivity contribution in [3.63, 3.8) is 0 Å². The Bertz CT molecular complexity index is 750. The molecule has 19 heavy (non-hydrogen) atoms. The molecule has 0 bridgehead atoms. The highest BCUT2D eigenvalue weighted by Gasteiger charge is 2.10. The Morgan fingerprint density at radius 2 is 1.68 bits per heavy atom. The summed E-state index contributed by atoms with van der Waals surface area (Å²) in [6.45, 7) is 0. The average molecular weight is 246 g/mol. The number of rotatable bonds is 2. The summed E-state index contributed by atoms with van der Waals surface area (Å²) in [5.41, 5.74) is 1.50. The fourth-order valence-electron chi connectivity index (χ4n) is 1.70. The van der Waals surface area contributed by atoms with Crippen molar-refractivity contribution in [1.82, 2.24) is 4.98 Å². The van der Waals surface area contributed by atoms with E-state index < -0.39 is 0 Å². The summed E-state index contributed by atoms with van der Waals surface area (Å²) in [5.74, 6) is 1.75. The quantitative estimate of drug-likeness (QED) is 0.650. The maximum absolute atomic E-state index is 8.72. The van der Waals surface area contributed by atoms with Gasteiger partial charge in [-0.25, -0.2) is 0 Å². The zero-order valence-corrected chi connectivity index (χ0v) is 9.83. The lowest BCUT2D eigenvalue weighted by Gasteiger charge is -1.96. The molecule has 3 aromatic rings. The van der Waals surface area contributed by atoms with Gasteiger partial charge in [0, 0.05) is 11.9 Å². The van der Waals surface area contributed by atoms with Gasteiger partial charge in [-0.2, -0.15) is 5.26 Å². The lowest BCUT2D eigenvalue weighted by molar-refractivity contribution is 0.546. The molecule has 0 fully saturated rings. The second-order valence-corrected chi connectivity index (χ2v) is 3.91. The van der Waals surface area contributed by atoms with Crippen LogP contribution in [0.2, 0.25) is 0 Å². The normalized spacial score (nSPS) is 10.3. The summed E-state index contributed by atoms with van der Waals surface area (Å²) in [5, 5.41) is 8.72. The zero-order chi connectivity index (χ0) is 13.2. The molecule has 3 aromatic heterocycles. The van der Waals surface area contributed by atoms with Crippen molar-refractivity contribution in [3.05, 3.63) is 48.2 Å². The van der Waals surface area contributed by atoms with E-state index in [1.165, 1.54) is 6.20 Å². The Morgan fingerprint density at radius 1 is 0.947 bits per heavy atom. The van der Waals surface area contributed by atoms with Gasteiger partial charge in [0.15, 0.2) is 25.1 Å². The van der Waals surface area contributed by atoms with Crippen LogP contribution < -0.4 is 5.66 Å². The van der Waals surface area contributed by atoms with E-state index in [0.29, 0.717) is 34.2 Å². The van der Waals surface area contributed by atoms with Gasteiger partial charge in [-0.1, -0.05) is 0 Å². The van der Waals surface area contributed by atoms with Crippen molar-refractivity contribution < 1.29 is 8.83 Å². The summed E-state index contributed by atoms with van der Waals surface area (Å²) in [6.07, 6.45) is 1.50. The summed E-state index contributed by atoms with van der Waals surface area (Å²) >= 11 is 0. The summed E-state index contributed by atoms with van der Waals surface area (Å²) < 4.78 is 10.9. The SMILES string of the molecule is [B]c1ccc(-c2ccc(-c3ccc(C#N)cn3)o2)o1. The third kappa shape index (κ3) is 2.16. The average Bonchev–Trinajstić information content (AvgIpc) is 3.07. The first-order chi connectivity index (χ1) is 9.26. The van der Waals surface area contributed by atoms with Crippen molar-refractivity contribution in [1.29, 1.82) is 5.26 Å². The molecular formula is C14H7BN2O2. The molecule has 0 spiro atoms. The van der Waals surface area contributed by atoms with Gasteiger partial charge in [-0.3, -0.25) is 4.98 Å². The van der Waals surface area contributed by atoms with Crippen LogP contribution in [0.4, 0.5) is 0 Å². The topological polar surface area (TPSA) is 63.0 Å². The smallest absolute Gasteiger partial charge is 0.170 e. The molecule has 3 rings (SSSR count). The van der Waals surface area contributed by atoms with Gasteiger partial charge < -0.3 is 8.83 Å². The van der Waals surface area contributed by atoms with Gasteiger partial charge in [-0.05, 0) is 36.4 Å². The molecule has 0 aliphatic rings. The highest BCUT2D eigenvalue weighted by molar-refractivity contribution is 6.29. The number of aromatic nitrogens is 1. The molecule has 0 N–H and O–H groups in total. The van der Waals surface area contributed by atoms with Crippen LogP contribution in [0.1, 0.15) is 5.56 Å². The first-order valence-electron chi connectivity index (χ1n) is 5.58. The number of nitriles is 1. The molecule has 0 aliphatic heterocycles. The number of pyridine rings is 1. The van der Waals surface area contributed by atoms with Crippen LogP contribution in [0.5, 0.6) is 0 Å². The summed E-state index contributed by atoms with van der Waals surface area (Å²) in [7, 11) is 5.51. The largest absolute Gasteiger partial charge is 0.470 e. The van der Waals surface area contributed by atoms with Crippen molar-refractivity contribution in [2.24, 2.45) is 0 Å². The maximum atomic E-state index is 8.72. The summed E-state index contributed by atoms with van der Waals surface area (Å²) in [6, 6.07) is 12.4. The zero-order valence-electron chi connectivity index (χ0n) is 9.83. The molecule has 0 atom stereocenters. The van der Waals surface area contributed by atoms with Crippen LogP contribution in [0.15, 0.2) is 51.4 Å². The molecule has 0 aliphatic carbocycles. The van der Waals surface area contributed by atoms with Gasteiger partial charge >= 0.3 is 0 Å². The van der Waals surface area contributed by atoms with Gasteiger partial charge in [0.1, 0.15) is 11.8 Å². The Labute approximate surface area is 110 Å². The second-order valence-electron chi connectivity index (χ2n) is 3.91. The highest BCUT2D eigenvalue weighted by atomic mass is 16.4. The molecule has 0 unspecified atom stereocenters. The van der Waals surface area contributed by atoms with Crippen molar-refractivity contribution in [2.45, 2.75) is 0 Å². The van der Waals surface area contributed by atoms with Crippen LogP contribution in [0.25, 0.3) is 23.0 Å². The Balaban J connectivity index is 1.94. The Hall–Kier alpha value is -2.74. The fraction of sp³-hybridized carbons (Fsp3) is 0. The molecule has 88 valence electrons. The predicted octanol–water partition coefficient (Wildman–Crippen LogP) is 2.27. The Kier molecular flexibility index (Phi) is 2.69. The molecule has 5 heteroatoms. The van der Waals surface area contributed by atoms with Crippen molar-refractivity contribution >= 4 is 13.5 Å². The van der Waals surface area contributed by atoms with E-state index in [1.807, 2.05) is 6.07 Å². The van der Waals surface area contributed by atoms with E-state index in [-0.39, 0.29) is 0 Å². The van der Waals surface area contributed by atoms with Gasteiger partial charge in [0.05, 0.1) is 5.56 Å². The highest BCUT2D eigenvalue weighted by Crippen LogP contribution is 2.27. The van der Waals surface area contributed by atoms with Crippen molar-refractivity contribution in [2.75, 3.05) is 0 Å². The third-order valence-corrected chi connectivity index (χ3v) is 2.62. The van der Waals surface area contributed by atoms with Crippen LogP contribution in [0.3, 0.4) is 0 Å². The lowest BCUT2D eigenvalue weighted by atomic mass is 10.1. The monoisotopic (exact) mass is 246 g/mol. The lowest BCUT2D eigenvalue weighted by Crippen LogP contribution is -1.93. The van der Waals surface area contributed by atoms with E-state index in [9.17, 15) is 0 Å². The molecule has 0 amide bonds. The minimum absolute atomic E-state index is 0.337. The predicted molar refractivity (Wildman–Crippen MR) is 69.7 cm³/mol. The second kappa shape index (κ2) is 4.50. The van der Waals surface area contributed by atoms with Gasteiger partial charge in [-0.15, -0.1) is 0 Å². The number of furan rings is 2. The Morgan fingerprint density at radius 3 is 2.32 bits per heavy atom. The van der Waals surface area contributed by atoms with Crippen LogP contribution >= 0.6 is 0 Å². The van der Waals surface area contributed by atoms with E-state index in [0.717, 1.165) is 0 Å². The molecule has 2 radical (unpaired) electrons. The first kappa shape index (κ1) is 11.4. The van der Waals surface area contributed by atoms with Crippen LogP contribution in [-0.4, -0.2) is 12.8 Å². The van der Waals surface area contributed by atoms with Crippen LogP contribution in [-0.2, 0) is 0 Å². The van der Waals surface area contributed by atoms with E-state index >= 15 is 0 Å². The van der Waals surface area contributed by atoms with E-state index in [1.54, 1.807) is 36.4 Å². The molecule has 0 saturated heterocycles. The molecule has 4 nitrogen and oxygen atoms in total. The molecule has 0 saturated carbocycles. The molecular weight excluding hydrogens is 239 g/mol.